The number of benzene rings is 1. The maximum atomic E-state index is 13.0. The van der Waals surface area contributed by atoms with Crippen LogP contribution in [0.25, 0.3) is 0 Å². The van der Waals surface area contributed by atoms with Crippen molar-refractivity contribution < 1.29 is 19.0 Å². The second kappa shape index (κ2) is 6.93. The van der Waals surface area contributed by atoms with Gasteiger partial charge < -0.3 is 19.9 Å². The first kappa shape index (κ1) is 19.3. The van der Waals surface area contributed by atoms with Crippen LogP contribution < -0.4 is 15.2 Å². The average molecular weight is 433 g/mol. The van der Waals surface area contributed by atoms with Crippen LogP contribution in [-0.2, 0) is 9.53 Å². The van der Waals surface area contributed by atoms with Gasteiger partial charge >= 0.3 is 0 Å². The largest absolute Gasteiger partial charge is 0.493 e. The van der Waals surface area contributed by atoms with Gasteiger partial charge in [-0.3, -0.25) is 4.79 Å². The number of carbonyl (C=O) groups excluding carboxylic acids is 1. The lowest BCUT2D eigenvalue weighted by atomic mass is 9.70. The summed E-state index contributed by atoms with van der Waals surface area (Å²) >= 11 is 3.54. The number of ether oxygens (including phenoxy) is 3. The first-order chi connectivity index (χ1) is 12.7. The lowest BCUT2D eigenvalue weighted by Gasteiger charge is -2.37. The Kier molecular flexibility index (Phi) is 4.96. The molecule has 0 aromatic heterocycles. The topological polar surface area (TPSA) is 94.6 Å². The molecule has 0 radical (unpaired) electrons. The van der Waals surface area contributed by atoms with Crippen molar-refractivity contribution in [1.82, 2.24) is 0 Å². The number of hydrogen-bond donors (Lipinski definition) is 1. The molecule has 0 amide bonds. The van der Waals surface area contributed by atoms with E-state index in [-0.39, 0.29) is 22.7 Å². The van der Waals surface area contributed by atoms with Crippen molar-refractivity contribution in [2.45, 2.75) is 32.6 Å². The van der Waals surface area contributed by atoms with Crippen LogP contribution >= 0.6 is 15.9 Å². The summed E-state index contributed by atoms with van der Waals surface area (Å²) < 4.78 is 17.1. The molecule has 27 heavy (non-hydrogen) atoms. The number of methoxy groups -OCH3 is 2. The third-order valence-corrected chi connectivity index (χ3v) is 5.58. The molecule has 2 aliphatic rings. The zero-order valence-corrected chi connectivity index (χ0v) is 17.3. The fraction of sp³-hybridized carbons (Fsp3) is 0.400. The summed E-state index contributed by atoms with van der Waals surface area (Å²) in [5.41, 5.74) is 7.25. The number of halogens is 1. The quantitative estimate of drug-likeness (QED) is 0.777. The molecule has 0 unspecified atom stereocenters. The van der Waals surface area contributed by atoms with Crippen molar-refractivity contribution in [2.24, 2.45) is 11.1 Å². The van der Waals surface area contributed by atoms with Crippen LogP contribution in [0.5, 0.6) is 11.5 Å². The maximum absolute atomic E-state index is 13.0. The number of hydrogen-bond acceptors (Lipinski definition) is 6. The molecule has 2 N–H and O–H groups in total. The Labute approximate surface area is 166 Å². The van der Waals surface area contributed by atoms with Crippen LogP contribution in [0.3, 0.4) is 0 Å². The van der Waals surface area contributed by atoms with E-state index in [9.17, 15) is 10.1 Å². The minimum Gasteiger partial charge on any atom is -0.493 e. The number of allylic oxidation sites excluding steroid dienone is 3. The molecule has 1 atom stereocenters. The molecule has 0 saturated carbocycles. The van der Waals surface area contributed by atoms with Gasteiger partial charge in [0.2, 0.25) is 5.88 Å². The highest BCUT2D eigenvalue weighted by Gasteiger charge is 2.43. The summed E-state index contributed by atoms with van der Waals surface area (Å²) in [5.74, 6) is 0.974. The molecule has 1 aromatic rings. The second-order valence-corrected chi connectivity index (χ2v) is 8.29. The van der Waals surface area contributed by atoms with E-state index >= 15 is 0 Å². The Morgan fingerprint density at radius 1 is 1.26 bits per heavy atom. The number of ketones is 1. The van der Waals surface area contributed by atoms with Gasteiger partial charge in [0.25, 0.3) is 0 Å². The van der Waals surface area contributed by atoms with Crippen LogP contribution in [0.2, 0.25) is 0 Å². The van der Waals surface area contributed by atoms with Crippen molar-refractivity contribution in [3.8, 4) is 17.6 Å². The number of nitriles is 1. The highest BCUT2D eigenvalue weighted by molar-refractivity contribution is 9.10. The normalized spacial score (nSPS) is 21.3. The van der Waals surface area contributed by atoms with Gasteiger partial charge in [-0.15, -0.1) is 0 Å². The Balaban J connectivity index is 2.25. The van der Waals surface area contributed by atoms with Crippen molar-refractivity contribution in [3.05, 3.63) is 45.0 Å². The molecule has 0 spiro atoms. The van der Waals surface area contributed by atoms with Crippen molar-refractivity contribution in [2.75, 3.05) is 14.2 Å². The maximum Gasteiger partial charge on any atom is 0.205 e. The molecular weight excluding hydrogens is 412 g/mol. The van der Waals surface area contributed by atoms with Gasteiger partial charge in [-0.05, 0) is 23.1 Å². The van der Waals surface area contributed by atoms with Gasteiger partial charge in [0.1, 0.15) is 17.4 Å². The first-order valence-electron chi connectivity index (χ1n) is 8.47. The number of Topliss-reactive ketones (excluding diaryl/α,β-unsaturated/α-hetero) is 1. The highest BCUT2D eigenvalue weighted by Crippen LogP contribution is 2.50. The van der Waals surface area contributed by atoms with Gasteiger partial charge in [-0.2, -0.15) is 5.26 Å². The monoisotopic (exact) mass is 432 g/mol. The van der Waals surface area contributed by atoms with Crippen LogP contribution in [0.4, 0.5) is 0 Å². The molecule has 3 rings (SSSR count). The van der Waals surface area contributed by atoms with E-state index in [1.165, 1.54) is 7.11 Å². The number of rotatable bonds is 3. The summed E-state index contributed by atoms with van der Waals surface area (Å²) in [7, 11) is 3.08. The minimum atomic E-state index is -0.614. The molecule has 1 aliphatic carbocycles. The molecule has 6 nitrogen and oxygen atoms in total. The van der Waals surface area contributed by atoms with E-state index < -0.39 is 5.92 Å². The fourth-order valence-electron chi connectivity index (χ4n) is 3.69. The zero-order valence-electron chi connectivity index (χ0n) is 15.7. The lowest BCUT2D eigenvalue weighted by Crippen LogP contribution is -2.33. The zero-order chi connectivity index (χ0) is 19.9. The van der Waals surface area contributed by atoms with Gasteiger partial charge in [0, 0.05) is 22.9 Å². The van der Waals surface area contributed by atoms with E-state index in [1.807, 2.05) is 13.8 Å². The molecule has 0 saturated heterocycles. The third-order valence-electron chi connectivity index (χ3n) is 4.89. The van der Waals surface area contributed by atoms with Gasteiger partial charge in [-0.1, -0.05) is 29.8 Å². The van der Waals surface area contributed by atoms with Crippen molar-refractivity contribution in [1.29, 1.82) is 5.26 Å². The standard InChI is InChI=1S/C20H21BrN2O4/c1-20(2)7-13(24)18-16(8-20)27-19(23)11(9-22)17(18)10-5-14(25-3)15(26-4)6-12(10)21/h5-6,17H,7-8,23H2,1-4H3/t17-/m0/s1. The summed E-state index contributed by atoms with van der Waals surface area (Å²) in [5, 5.41) is 9.72. The van der Waals surface area contributed by atoms with Crippen LogP contribution in [-0.4, -0.2) is 20.0 Å². The predicted octanol–water partition coefficient (Wildman–Crippen LogP) is 3.92. The number of carbonyl (C=O) groups is 1. The second-order valence-electron chi connectivity index (χ2n) is 7.43. The Bertz CT molecular complexity index is 925. The molecule has 142 valence electrons. The molecule has 0 fully saturated rings. The van der Waals surface area contributed by atoms with Crippen LogP contribution in [0.15, 0.2) is 39.4 Å². The fourth-order valence-corrected chi connectivity index (χ4v) is 4.24. The lowest BCUT2D eigenvalue weighted by molar-refractivity contribution is -0.119. The molecule has 1 aliphatic heterocycles. The SMILES string of the molecule is COc1cc(Br)c([C@H]2C(C#N)=C(N)OC3=C2C(=O)CC(C)(C)C3)cc1OC. The summed E-state index contributed by atoms with van der Waals surface area (Å²) in [6.07, 6.45) is 0.962. The van der Waals surface area contributed by atoms with Crippen LogP contribution in [0, 0.1) is 16.7 Å². The molecule has 1 heterocycles. The third kappa shape index (κ3) is 3.30. The van der Waals surface area contributed by atoms with E-state index in [0.29, 0.717) is 45.7 Å². The van der Waals surface area contributed by atoms with Gasteiger partial charge in [0.15, 0.2) is 17.3 Å². The Hall–Kier alpha value is -2.46. The molecular formula is C20H21BrN2O4. The molecule has 7 heteroatoms. The summed E-state index contributed by atoms with van der Waals surface area (Å²) in [6.45, 7) is 4.03. The highest BCUT2D eigenvalue weighted by atomic mass is 79.9. The van der Waals surface area contributed by atoms with Crippen molar-refractivity contribution in [3.63, 3.8) is 0 Å². The Morgan fingerprint density at radius 2 is 1.89 bits per heavy atom. The van der Waals surface area contributed by atoms with Crippen LogP contribution in [0.1, 0.15) is 38.2 Å². The molecule has 1 aromatic carbocycles. The minimum absolute atomic E-state index is 0.0341. The number of nitrogens with zero attached hydrogens (tertiary/aromatic N) is 1. The van der Waals surface area contributed by atoms with E-state index in [1.54, 1.807) is 19.2 Å². The smallest absolute Gasteiger partial charge is 0.205 e. The predicted molar refractivity (Wildman–Crippen MR) is 103 cm³/mol. The van der Waals surface area contributed by atoms with Crippen molar-refractivity contribution >= 4 is 21.7 Å². The van der Waals surface area contributed by atoms with E-state index in [0.717, 1.165) is 0 Å². The average Bonchev–Trinajstić information content (AvgIpc) is 2.59. The number of nitrogens with two attached hydrogens (primary N) is 1. The first-order valence-corrected chi connectivity index (χ1v) is 9.27. The summed E-state index contributed by atoms with van der Waals surface area (Å²) in [4.78, 5) is 13.0. The van der Waals surface area contributed by atoms with E-state index in [2.05, 4.69) is 22.0 Å². The molecule has 0 bridgehead atoms. The van der Waals surface area contributed by atoms with Gasteiger partial charge in [-0.25, -0.2) is 0 Å². The Morgan fingerprint density at radius 3 is 2.48 bits per heavy atom. The summed E-state index contributed by atoms with van der Waals surface area (Å²) in [6, 6.07) is 5.64. The van der Waals surface area contributed by atoms with Gasteiger partial charge in [0.05, 0.1) is 20.1 Å². The van der Waals surface area contributed by atoms with E-state index in [4.69, 9.17) is 19.9 Å².